The molecule has 2 saturated carbocycles. The summed E-state index contributed by atoms with van der Waals surface area (Å²) in [5, 5.41) is 0.712. The minimum Gasteiger partial charge on any atom is -0.378 e. The predicted octanol–water partition coefficient (Wildman–Crippen LogP) is 2.98. The highest BCUT2D eigenvalue weighted by Gasteiger charge is 2.50. The number of anilines is 1. The van der Waals surface area contributed by atoms with E-state index in [1.54, 1.807) is 0 Å². The summed E-state index contributed by atoms with van der Waals surface area (Å²) in [5.41, 5.74) is 0.135. The maximum Gasteiger partial charge on any atom is 0.143 e. The van der Waals surface area contributed by atoms with E-state index in [-0.39, 0.29) is 11.6 Å². The average Bonchev–Trinajstić information content (AvgIpc) is 3.15. The van der Waals surface area contributed by atoms with E-state index in [1.165, 1.54) is 0 Å². The van der Waals surface area contributed by atoms with Gasteiger partial charge >= 0.3 is 0 Å². The largest absolute Gasteiger partial charge is 0.378 e. The molecule has 5 heteroatoms. The van der Waals surface area contributed by atoms with Crippen molar-refractivity contribution in [1.29, 1.82) is 0 Å². The summed E-state index contributed by atoms with van der Waals surface area (Å²) in [6, 6.07) is 7.60. The van der Waals surface area contributed by atoms with Crippen LogP contribution in [0.3, 0.4) is 0 Å². The SMILES string of the molecule is CN(C)c1ccc(P(=O)([C@@H]2CCCC2=O)[C@@H]2CCCC2=O)cc1. The van der Waals surface area contributed by atoms with Crippen molar-refractivity contribution in [2.75, 3.05) is 19.0 Å². The second kappa shape index (κ2) is 6.24. The van der Waals surface area contributed by atoms with Crippen LogP contribution in [0.5, 0.6) is 0 Å². The van der Waals surface area contributed by atoms with E-state index >= 15 is 0 Å². The summed E-state index contributed by atoms with van der Waals surface area (Å²) in [5.74, 6) is 0.175. The van der Waals surface area contributed by atoms with Crippen LogP contribution in [0.4, 0.5) is 5.69 Å². The van der Waals surface area contributed by atoms with Gasteiger partial charge in [-0.3, -0.25) is 9.59 Å². The number of carbonyl (C=O) groups excluding carboxylic acids is 2. The Bertz CT molecular complexity index is 635. The molecule has 0 N–H and O–H groups in total. The summed E-state index contributed by atoms with van der Waals surface area (Å²) in [6.07, 6.45) is 3.93. The third-order valence-corrected chi connectivity index (χ3v) is 9.29. The molecule has 0 bridgehead atoms. The van der Waals surface area contributed by atoms with Crippen LogP contribution in [0.15, 0.2) is 24.3 Å². The van der Waals surface area contributed by atoms with Crippen molar-refractivity contribution >= 4 is 29.7 Å². The fourth-order valence-corrected chi connectivity index (χ4v) is 7.98. The highest BCUT2D eigenvalue weighted by atomic mass is 31.2. The first-order chi connectivity index (χ1) is 10.9. The van der Waals surface area contributed by atoms with Gasteiger partial charge in [-0.1, -0.05) is 0 Å². The first kappa shape index (κ1) is 16.4. The van der Waals surface area contributed by atoms with E-state index < -0.39 is 18.5 Å². The summed E-state index contributed by atoms with van der Waals surface area (Å²) in [4.78, 5) is 26.7. The van der Waals surface area contributed by atoms with Crippen LogP contribution >= 0.6 is 7.14 Å². The van der Waals surface area contributed by atoms with Crippen LogP contribution in [-0.2, 0) is 14.2 Å². The number of hydrogen-bond donors (Lipinski definition) is 0. The van der Waals surface area contributed by atoms with Crippen LogP contribution in [0.2, 0.25) is 0 Å². The lowest BCUT2D eigenvalue weighted by molar-refractivity contribution is -0.117. The predicted molar refractivity (Wildman–Crippen MR) is 93.3 cm³/mol. The normalized spacial score (nSPS) is 25.1. The smallest absolute Gasteiger partial charge is 0.143 e. The molecule has 0 aromatic heterocycles. The number of ketones is 2. The average molecular weight is 333 g/mol. The van der Waals surface area contributed by atoms with Gasteiger partial charge in [0.05, 0.1) is 11.3 Å². The topological polar surface area (TPSA) is 54.5 Å². The quantitative estimate of drug-likeness (QED) is 0.795. The van der Waals surface area contributed by atoms with Crippen molar-refractivity contribution in [3.63, 3.8) is 0 Å². The van der Waals surface area contributed by atoms with E-state index in [9.17, 15) is 14.2 Å². The standard InChI is InChI=1S/C18H24NO3P/c1-19(2)13-9-11-14(12-10-13)23(22,17-7-3-5-15(17)20)18-8-4-6-16(18)21/h9-12,17-18H,3-8H2,1-2H3/t17-,18-/m1/s1. The Kier molecular flexibility index (Phi) is 4.46. The molecular formula is C18H24NO3P. The highest BCUT2D eigenvalue weighted by Crippen LogP contribution is 2.61. The van der Waals surface area contributed by atoms with E-state index in [4.69, 9.17) is 0 Å². The van der Waals surface area contributed by atoms with Gasteiger partial charge in [0.25, 0.3) is 0 Å². The van der Waals surface area contributed by atoms with E-state index in [0.29, 0.717) is 31.0 Å². The molecule has 1 aromatic carbocycles. The zero-order valence-corrected chi connectivity index (χ0v) is 14.7. The summed E-state index contributed by atoms with van der Waals surface area (Å²) >= 11 is 0. The number of nitrogens with zero attached hydrogens (tertiary/aromatic N) is 1. The van der Waals surface area contributed by atoms with Crippen molar-refractivity contribution < 1.29 is 14.2 Å². The zero-order valence-electron chi connectivity index (χ0n) is 13.8. The first-order valence-corrected chi connectivity index (χ1v) is 10.2. The van der Waals surface area contributed by atoms with Crippen LogP contribution < -0.4 is 10.2 Å². The molecule has 2 fully saturated rings. The molecule has 124 valence electrons. The Balaban J connectivity index is 2.06. The molecule has 23 heavy (non-hydrogen) atoms. The van der Waals surface area contributed by atoms with Crippen molar-refractivity contribution in [3.05, 3.63) is 24.3 Å². The van der Waals surface area contributed by atoms with Crippen LogP contribution in [0.25, 0.3) is 0 Å². The molecule has 0 aliphatic heterocycles. The van der Waals surface area contributed by atoms with E-state index in [2.05, 4.69) is 0 Å². The second-order valence-electron chi connectivity index (χ2n) is 6.87. The third-order valence-electron chi connectivity index (χ3n) is 5.24. The maximum atomic E-state index is 14.1. The van der Waals surface area contributed by atoms with Gasteiger partial charge in [0.2, 0.25) is 0 Å². The molecule has 2 aliphatic rings. The Labute approximate surface area is 137 Å². The highest BCUT2D eigenvalue weighted by molar-refractivity contribution is 7.74. The van der Waals surface area contributed by atoms with Crippen molar-refractivity contribution in [2.45, 2.75) is 49.8 Å². The van der Waals surface area contributed by atoms with Gasteiger partial charge in [-0.25, -0.2) is 0 Å². The van der Waals surface area contributed by atoms with E-state index in [0.717, 1.165) is 18.5 Å². The fourth-order valence-electron chi connectivity index (χ4n) is 3.97. The molecule has 0 spiro atoms. The minimum absolute atomic E-state index is 0.0877. The molecule has 0 unspecified atom stereocenters. The summed E-state index contributed by atoms with van der Waals surface area (Å²) < 4.78 is 14.1. The molecule has 2 aliphatic carbocycles. The van der Waals surface area contributed by atoms with Gasteiger partial charge in [0, 0.05) is 37.9 Å². The molecule has 3 rings (SSSR count). The molecule has 0 heterocycles. The van der Waals surface area contributed by atoms with Crippen LogP contribution in [-0.4, -0.2) is 37.0 Å². The monoisotopic (exact) mass is 333 g/mol. The van der Waals surface area contributed by atoms with Crippen molar-refractivity contribution in [3.8, 4) is 0 Å². The lowest BCUT2D eigenvalue weighted by Gasteiger charge is -2.29. The maximum absolute atomic E-state index is 14.1. The molecule has 2 atom stereocenters. The van der Waals surface area contributed by atoms with Crippen LogP contribution in [0.1, 0.15) is 38.5 Å². The second-order valence-corrected chi connectivity index (χ2v) is 10.1. The van der Waals surface area contributed by atoms with Gasteiger partial charge < -0.3 is 9.46 Å². The zero-order chi connectivity index (χ0) is 16.6. The Morgan fingerprint density at radius 1 is 0.913 bits per heavy atom. The van der Waals surface area contributed by atoms with Gasteiger partial charge in [0.1, 0.15) is 18.7 Å². The minimum atomic E-state index is -3.05. The molecule has 0 saturated heterocycles. The third kappa shape index (κ3) is 2.78. The van der Waals surface area contributed by atoms with Gasteiger partial charge in [-0.05, 0) is 49.9 Å². The van der Waals surface area contributed by atoms with Crippen molar-refractivity contribution in [1.82, 2.24) is 0 Å². The van der Waals surface area contributed by atoms with Gasteiger partial charge in [-0.2, -0.15) is 0 Å². The van der Waals surface area contributed by atoms with Crippen LogP contribution in [0, 0.1) is 0 Å². The summed E-state index contributed by atoms with van der Waals surface area (Å²) in [6.45, 7) is 0. The molecule has 0 radical (unpaired) electrons. The molecule has 4 nitrogen and oxygen atoms in total. The number of carbonyl (C=O) groups is 2. The number of hydrogen-bond acceptors (Lipinski definition) is 4. The summed E-state index contributed by atoms with van der Waals surface area (Å²) in [7, 11) is 0.861. The molecular weight excluding hydrogens is 309 g/mol. The van der Waals surface area contributed by atoms with Gasteiger partial charge in [0.15, 0.2) is 0 Å². The lowest BCUT2D eigenvalue weighted by atomic mass is 10.3. The first-order valence-electron chi connectivity index (χ1n) is 8.37. The molecule has 0 amide bonds. The Morgan fingerprint density at radius 2 is 1.39 bits per heavy atom. The number of benzene rings is 1. The Hall–Kier alpha value is -1.41. The van der Waals surface area contributed by atoms with E-state index in [1.807, 2.05) is 43.3 Å². The molecule has 1 aromatic rings. The van der Waals surface area contributed by atoms with Gasteiger partial charge in [-0.15, -0.1) is 0 Å². The number of rotatable bonds is 4. The Morgan fingerprint density at radius 3 is 1.74 bits per heavy atom. The number of Topliss-reactive ketones (excluding diaryl/α,β-unsaturated/α-hetero) is 2. The lowest BCUT2D eigenvalue weighted by Crippen LogP contribution is -2.31. The fraction of sp³-hybridized carbons (Fsp3) is 0.556. The van der Waals surface area contributed by atoms with Crippen molar-refractivity contribution in [2.24, 2.45) is 0 Å².